The number of methoxy groups -OCH3 is 2. The van der Waals surface area contributed by atoms with Crippen LogP contribution >= 0.6 is 15.9 Å². The van der Waals surface area contributed by atoms with Crippen molar-refractivity contribution in [2.24, 2.45) is 0 Å². The van der Waals surface area contributed by atoms with E-state index in [1.807, 2.05) is 38.1 Å². The molecule has 0 spiro atoms. The molecule has 0 heterocycles. The first kappa shape index (κ1) is 27.8. The zero-order chi connectivity index (χ0) is 23.9. The fourth-order valence-electron chi connectivity index (χ4n) is 2.74. The van der Waals surface area contributed by atoms with Crippen LogP contribution in [0, 0.1) is 13.8 Å². The monoisotopic (exact) mass is 508 g/mol. The quantitative estimate of drug-likeness (QED) is 0.243. The Morgan fingerprint density at radius 3 is 1.72 bits per heavy atom. The molecule has 0 amide bonds. The molecule has 0 bridgehead atoms. The van der Waals surface area contributed by atoms with Crippen LogP contribution in [0.1, 0.15) is 56.3 Å². The molecular weight excluding hydrogens is 476 g/mol. The smallest absolute Gasteiger partial charge is 0.337 e. The predicted octanol–water partition coefficient (Wildman–Crippen LogP) is 5.40. The molecule has 176 valence electrons. The molecule has 6 nitrogen and oxygen atoms in total. The summed E-state index contributed by atoms with van der Waals surface area (Å²) in [4.78, 5) is 22.5. The fourth-order valence-corrected chi connectivity index (χ4v) is 3.37. The van der Waals surface area contributed by atoms with Crippen LogP contribution in [0.4, 0.5) is 0 Å². The predicted molar refractivity (Wildman–Crippen MR) is 128 cm³/mol. The van der Waals surface area contributed by atoms with Gasteiger partial charge in [0.2, 0.25) is 0 Å². The lowest BCUT2D eigenvalue weighted by atomic mass is 10.1. The van der Waals surface area contributed by atoms with Gasteiger partial charge in [-0.3, -0.25) is 0 Å². The van der Waals surface area contributed by atoms with Gasteiger partial charge in [0.1, 0.15) is 0 Å². The standard InChI is InChI=1S/C15H22O4.C10H11BrO2/c1-4-7-18-8-9-19-11-14-6-5-13(10-12(14)2)15(16)17-3;1-7-5-8(10(12)13-2)3-4-9(7)6-11/h5-6,10H,4,7-9,11H2,1-3H3;3-5H,6H2,1-2H3. The van der Waals surface area contributed by atoms with Crippen molar-refractivity contribution < 1.29 is 28.5 Å². The number of alkyl halides is 1. The second kappa shape index (κ2) is 15.6. The summed E-state index contributed by atoms with van der Waals surface area (Å²) in [5.41, 5.74) is 5.55. The normalized spacial score (nSPS) is 10.2. The van der Waals surface area contributed by atoms with Crippen molar-refractivity contribution >= 4 is 27.9 Å². The first-order valence-corrected chi connectivity index (χ1v) is 11.6. The summed E-state index contributed by atoms with van der Waals surface area (Å²) < 4.78 is 20.2. The van der Waals surface area contributed by atoms with Gasteiger partial charge in [-0.25, -0.2) is 9.59 Å². The van der Waals surface area contributed by atoms with Crippen molar-refractivity contribution in [2.75, 3.05) is 34.0 Å². The number of hydrogen-bond acceptors (Lipinski definition) is 6. The van der Waals surface area contributed by atoms with E-state index in [0.717, 1.165) is 35.0 Å². The highest BCUT2D eigenvalue weighted by Gasteiger charge is 2.08. The molecular formula is C25H33BrO6. The van der Waals surface area contributed by atoms with Crippen LogP contribution in [0.3, 0.4) is 0 Å². The molecule has 0 aliphatic carbocycles. The summed E-state index contributed by atoms with van der Waals surface area (Å²) in [6, 6.07) is 11.0. The van der Waals surface area contributed by atoms with Gasteiger partial charge >= 0.3 is 11.9 Å². The van der Waals surface area contributed by atoms with Gasteiger partial charge < -0.3 is 18.9 Å². The number of esters is 2. The third-order valence-electron chi connectivity index (χ3n) is 4.65. The highest BCUT2D eigenvalue weighted by Crippen LogP contribution is 2.15. The molecule has 2 rings (SSSR count). The Labute approximate surface area is 199 Å². The molecule has 2 aromatic carbocycles. The largest absolute Gasteiger partial charge is 0.465 e. The van der Waals surface area contributed by atoms with Crippen molar-refractivity contribution in [1.29, 1.82) is 0 Å². The lowest BCUT2D eigenvalue weighted by molar-refractivity contribution is 0.0406. The molecule has 0 N–H and O–H groups in total. The zero-order valence-electron chi connectivity index (χ0n) is 19.5. The molecule has 0 fully saturated rings. The van der Waals surface area contributed by atoms with Crippen LogP contribution in [-0.2, 0) is 30.9 Å². The molecule has 32 heavy (non-hydrogen) atoms. The van der Waals surface area contributed by atoms with E-state index in [0.29, 0.717) is 30.9 Å². The van der Waals surface area contributed by atoms with Crippen molar-refractivity contribution in [3.05, 3.63) is 69.8 Å². The first-order chi connectivity index (χ1) is 15.4. The summed E-state index contributed by atoms with van der Waals surface area (Å²) in [5.74, 6) is -0.604. The Balaban J connectivity index is 0.000000343. The maximum Gasteiger partial charge on any atom is 0.337 e. The van der Waals surface area contributed by atoms with E-state index in [4.69, 9.17) is 9.47 Å². The lowest BCUT2D eigenvalue weighted by Crippen LogP contribution is -2.06. The van der Waals surface area contributed by atoms with E-state index >= 15 is 0 Å². The fraction of sp³-hybridized carbons (Fsp3) is 0.440. The maximum atomic E-state index is 11.4. The summed E-state index contributed by atoms with van der Waals surface area (Å²) in [6.07, 6.45) is 1.02. The molecule has 0 atom stereocenters. The number of hydrogen-bond donors (Lipinski definition) is 0. The molecule has 0 saturated heterocycles. The van der Waals surface area contributed by atoms with Gasteiger partial charge in [0, 0.05) is 11.9 Å². The zero-order valence-corrected chi connectivity index (χ0v) is 21.1. The molecule has 0 aliphatic rings. The number of rotatable bonds is 10. The third-order valence-corrected chi connectivity index (χ3v) is 5.25. The van der Waals surface area contributed by atoms with E-state index in [1.54, 1.807) is 12.1 Å². The van der Waals surface area contributed by atoms with Gasteiger partial charge in [-0.1, -0.05) is 35.0 Å². The summed E-state index contributed by atoms with van der Waals surface area (Å²) in [5, 5.41) is 0.806. The Bertz CT molecular complexity index is 866. The van der Waals surface area contributed by atoms with Gasteiger partial charge in [-0.2, -0.15) is 0 Å². The first-order valence-electron chi connectivity index (χ1n) is 10.4. The number of aryl methyl sites for hydroxylation is 2. The van der Waals surface area contributed by atoms with Crippen LogP contribution in [-0.4, -0.2) is 46.0 Å². The van der Waals surface area contributed by atoms with Crippen molar-refractivity contribution in [1.82, 2.24) is 0 Å². The van der Waals surface area contributed by atoms with E-state index in [2.05, 4.69) is 32.3 Å². The Morgan fingerprint density at radius 1 is 0.781 bits per heavy atom. The number of carbonyl (C=O) groups excluding carboxylic acids is 2. The van der Waals surface area contributed by atoms with Crippen LogP contribution in [0.5, 0.6) is 0 Å². The van der Waals surface area contributed by atoms with Crippen LogP contribution < -0.4 is 0 Å². The van der Waals surface area contributed by atoms with Gasteiger partial charge in [-0.05, 0) is 66.8 Å². The van der Waals surface area contributed by atoms with E-state index in [9.17, 15) is 9.59 Å². The molecule has 0 unspecified atom stereocenters. The van der Waals surface area contributed by atoms with Crippen LogP contribution in [0.25, 0.3) is 0 Å². The molecule has 0 aromatic heterocycles. The van der Waals surface area contributed by atoms with Crippen LogP contribution in [0.15, 0.2) is 36.4 Å². The summed E-state index contributed by atoms with van der Waals surface area (Å²) >= 11 is 3.37. The number of benzene rings is 2. The topological polar surface area (TPSA) is 71.1 Å². The van der Waals surface area contributed by atoms with Crippen molar-refractivity contribution in [2.45, 2.75) is 39.1 Å². The second-order valence-corrected chi connectivity index (χ2v) is 7.63. The van der Waals surface area contributed by atoms with E-state index < -0.39 is 0 Å². The highest BCUT2D eigenvalue weighted by molar-refractivity contribution is 9.08. The van der Waals surface area contributed by atoms with E-state index in [-0.39, 0.29) is 11.9 Å². The number of halogens is 1. The minimum atomic E-state index is -0.316. The van der Waals surface area contributed by atoms with Gasteiger partial charge in [0.15, 0.2) is 0 Å². The summed E-state index contributed by atoms with van der Waals surface area (Å²) in [7, 11) is 2.76. The van der Waals surface area contributed by atoms with Gasteiger partial charge in [-0.15, -0.1) is 0 Å². The Kier molecular flexibility index (Phi) is 13.5. The molecule has 0 aliphatic heterocycles. The average molecular weight is 509 g/mol. The molecule has 7 heteroatoms. The number of carbonyl (C=O) groups is 2. The second-order valence-electron chi connectivity index (χ2n) is 7.06. The minimum Gasteiger partial charge on any atom is -0.465 e. The average Bonchev–Trinajstić information content (AvgIpc) is 2.81. The van der Waals surface area contributed by atoms with Gasteiger partial charge in [0.05, 0.1) is 45.2 Å². The molecule has 2 aromatic rings. The summed E-state index contributed by atoms with van der Waals surface area (Å²) in [6.45, 7) is 8.51. The van der Waals surface area contributed by atoms with Crippen LogP contribution in [0.2, 0.25) is 0 Å². The number of ether oxygens (including phenoxy) is 4. The maximum absolute atomic E-state index is 11.4. The minimum absolute atomic E-state index is 0.288. The van der Waals surface area contributed by atoms with Crippen molar-refractivity contribution in [3.63, 3.8) is 0 Å². The van der Waals surface area contributed by atoms with E-state index in [1.165, 1.54) is 19.8 Å². The Hall–Kier alpha value is -2.22. The van der Waals surface area contributed by atoms with Gasteiger partial charge in [0.25, 0.3) is 0 Å². The SMILES string of the molecule is CCCOCCOCc1ccc(C(=O)OC)cc1C.COC(=O)c1ccc(CBr)c(C)c1. The molecule has 0 radical (unpaired) electrons. The van der Waals surface area contributed by atoms with Crippen molar-refractivity contribution in [3.8, 4) is 0 Å². The lowest BCUT2D eigenvalue weighted by Gasteiger charge is -2.09. The molecule has 0 saturated carbocycles. The highest BCUT2D eigenvalue weighted by atomic mass is 79.9. The Morgan fingerprint density at radius 2 is 1.28 bits per heavy atom. The third kappa shape index (κ3) is 9.51.